The Morgan fingerprint density at radius 3 is 2.58 bits per heavy atom. The van der Waals surface area contributed by atoms with Crippen LogP contribution in [0.5, 0.6) is 0 Å². The van der Waals surface area contributed by atoms with E-state index in [1.165, 1.54) is 5.56 Å². The fraction of sp³-hybridized carbons (Fsp3) is 0.652. The van der Waals surface area contributed by atoms with Crippen LogP contribution in [0, 0.1) is 12.8 Å². The van der Waals surface area contributed by atoms with Crippen LogP contribution in [0.2, 0.25) is 5.02 Å². The number of carbonyl (C=O) groups excluding carboxylic acids is 2. The van der Waals surface area contributed by atoms with Crippen molar-refractivity contribution >= 4 is 23.5 Å². The highest BCUT2D eigenvalue weighted by Crippen LogP contribution is 2.24. The second kappa shape index (κ2) is 11.2. The third kappa shape index (κ3) is 6.57. The smallest absolute Gasteiger partial charge is 0.314 e. The number of rotatable bonds is 7. The maximum atomic E-state index is 13.1. The van der Waals surface area contributed by atoms with Crippen molar-refractivity contribution in [1.82, 2.24) is 14.7 Å². The van der Waals surface area contributed by atoms with Crippen molar-refractivity contribution < 1.29 is 14.3 Å². The number of hydrogen-bond donors (Lipinski definition) is 1. The van der Waals surface area contributed by atoms with Crippen molar-refractivity contribution in [1.29, 1.82) is 0 Å². The van der Waals surface area contributed by atoms with Crippen molar-refractivity contribution in [3.63, 3.8) is 0 Å². The van der Waals surface area contributed by atoms with Crippen LogP contribution in [-0.2, 0) is 16.1 Å². The SMILES string of the molecule is COCC[C@H]1CN(Cc2ccc(C)c(Cl)c2)CCN1C(=O)CC1CCN(C(N)=O)CC1. The van der Waals surface area contributed by atoms with Gasteiger partial charge in [-0.1, -0.05) is 23.7 Å². The molecule has 172 valence electrons. The third-order valence-corrected chi connectivity index (χ3v) is 6.98. The molecule has 3 rings (SSSR count). The van der Waals surface area contributed by atoms with Gasteiger partial charge in [0.15, 0.2) is 0 Å². The lowest BCUT2D eigenvalue weighted by molar-refractivity contribution is -0.138. The second-order valence-corrected chi connectivity index (χ2v) is 9.22. The standard InChI is InChI=1S/C23H35ClN4O3/c1-17-3-4-19(13-21(17)24)15-26-10-11-28(20(16-26)7-12-31-2)22(29)14-18-5-8-27(9-6-18)23(25)30/h3-4,13,18,20H,5-12,14-16H2,1-2H3,(H2,25,30)/t20-/m0/s1. The first-order valence-electron chi connectivity index (χ1n) is 11.2. The lowest BCUT2D eigenvalue weighted by Crippen LogP contribution is -2.55. The van der Waals surface area contributed by atoms with E-state index >= 15 is 0 Å². The Morgan fingerprint density at radius 1 is 1.19 bits per heavy atom. The number of piperidine rings is 1. The van der Waals surface area contributed by atoms with Gasteiger partial charge in [-0.25, -0.2) is 4.79 Å². The van der Waals surface area contributed by atoms with Crippen molar-refractivity contribution in [2.75, 3.05) is 46.4 Å². The fourth-order valence-corrected chi connectivity index (χ4v) is 4.81. The van der Waals surface area contributed by atoms with Gasteiger partial charge in [0.25, 0.3) is 0 Å². The number of aryl methyl sites for hydroxylation is 1. The number of carbonyl (C=O) groups is 2. The summed E-state index contributed by atoms with van der Waals surface area (Å²) in [7, 11) is 1.70. The zero-order chi connectivity index (χ0) is 22.4. The van der Waals surface area contributed by atoms with Crippen molar-refractivity contribution in [3.8, 4) is 0 Å². The summed E-state index contributed by atoms with van der Waals surface area (Å²) in [4.78, 5) is 30.6. The highest BCUT2D eigenvalue weighted by atomic mass is 35.5. The van der Waals surface area contributed by atoms with Crippen LogP contribution in [0.15, 0.2) is 18.2 Å². The number of likely N-dealkylation sites (tertiary alicyclic amines) is 1. The topological polar surface area (TPSA) is 79.1 Å². The van der Waals surface area contributed by atoms with Crippen LogP contribution in [0.1, 0.15) is 36.8 Å². The molecule has 0 spiro atoms. The van der Waals surface area contributed by atoms with Gasteiger partial charge >= 0.3 is 6.03 Å². The minimum Gasteiger partial charge on any atom is -0.385 e. The number of primary amides is 1. The van der Waals surface area contributed by atoms with E-state index in [9.17, 15) is 9.59 Å². The van der Waals surface area contributed by atoms with E-state index in [0.29, 0.717) is 32.0 Å². The molecule has 8 heteroatoms. The molecule has 2 aliphatic rings. The van der Waals surface area contributed by atoms with E-state index in [1.807, 2.05) is 13.0 Å². The summed E-state index contributed by atoms with van der Waals surface area (Å²) in [5.41, 5.74) is 7.65. The minimum absolute atomic E-state index is 0.146. The predicted octanol–water partition coefficient (Wildman–Crippen LogP) is 2.88. The highest BCUT2D eigenvalue weighted by Gasteiger charge is 2.32. The Kier molecular flexibility index (Phi) is 8.58. The van der Waals surface area contributed by atoms with Crippen LogP contribution in [0.3, 0.4) is 0 Å². The second-order valence-electron chi connectivity index (χ2n) is 8.81. The van der Waals surface area contributed by atoms with Gasteiger partial charge < -0.3 is 20.3 Å². The summed E-state index contributed by atoms with van der Waals surface area (Å²) in [6.07, 6.45) is 3.05. The number of benzene rings is 1. The molecular weight excluding hydrogens is 416 g/mol. The van der Waals surface area contributed by atoms with Gasteiger partial charge in [0.2, 0.25) is 5.91 Å². The Labute approximate surface area is 190 Å². The summed E-state index contributed by atoms with van der Waals surface area (Å²) in [5, 5.41) is 0.796. The zero-order valence-corrected chi connectivity index (χ0v) is 19.4. The van der Waals surface area contributed by atoms with Gasteiger partial charge in [-0.15, -0.1) is 0 Å². The van der Waals surface area contributed by atoms with E-state index in [0.717, 1.165) is 56.0 Å². The molecule has 1 atom stereocenters. The first kappa shape index (κ1) is 23.8. The molecule has 0 radical (unpaired) electrons. The zero-order valence-electron chi connectivity index (χ0n) is 18.7. The summed E-state index contributed by atoms with van der Waals surface area (Å²) in [6.45, 7) is 7.18. The highest BCUT2D eigenvalue weighted by molar-refractivity contribution is 6.31. The van der Waals surface area contributed by atoms with Crippen LogP contribution in [0.4, 0.5) is 4.79 Å². The summed E-state index contributed by atoms with van der Waals surface area (Å²) in [5.74, 6) is 0.538. The predicted molar refractivity (Wildman–Crippen MR) is 122 cm³/mol. The van der Waals surface area contributed by atoms with Gasteiger partial charge in [-0.2, -0.15) is 0 Å². The van der Waals surface area contributed by atoms with Crippen LogP contribution < -0.4 is 5.73 Å². The Balaban J connectivity index is 1.56. The van der Waals surface area contributed by atoms with Crippen LogP contribution >= 0.6 is 11.6 Å². The van der Waals surface area contributed by atoms with E-state index in [4.69, 9.17) is 22.1 Å². The third-order valence-electron chi connectivity index (χ3n) is 6.57. The molecule has 2 fully saturated rings. The number of piperazine rings is 1. The average Bonchev–Trinajstić information content (AvgIpc) is 2.75. The fourth-order valence-electron chi connectivity index (χ4n) is 4.61. The molecule has 1 aromatic rings. The van der Waals surface area contributed by atoms with E-state index in [1.54, 1.807) is 12.0 Å². The van der Waals surface area contributed by atoms with Crippen molar-refractivity contribution in [2.24, 2.45) is 11.7 Å². The Hall–Kier alpha value is -1.83. The monoisotopic (exact) mass is 450 g/mol. The van der Waals surface area contributed by atoms with Crippen molar-refractivity contribution in [2.45, 2.75) is 45.2 Å². The minimum atomic E-state index is -0.365. The van der Waals surface area contributed by atoms with E-state index < -0.39 is 0 Å². The largest absolute Gasteiger partial charge is 0.385 e. The maximum absolute atomic E-state index is 13.1. The number of halogens is 1. The number of nitrogens with zero attached hydrogens (tertiary/aromatic N) is 3. The molecule has 2 aliphatic heterocycles. The Morgan fingerprint density at radius 2 is 1.94 bits per heavy atom. The summed E-state index contributed by atoms with van der Waals surface area (Å²) in [6, 6.07) is 6.00. The number of methoxy groups -OCH3 is 1. The first-order chi connectivity index (χ1) is 14.9. The van der Waals surface area contributed by atoms with E-state index in [-0.39, 0.29) is 18.0 Å². The van der Waals surface area contributed by atoms with Gasteiger partial charge in [-0.3, -0.25) is 9.69 Å². The molecule has 0 aliphatic carbocycles. The lowest BCUT2D eigenvalue weighted by atomic mass is 9.92. The number of urea groups is 1. The van der Waals surface area contributed by atoms with Crippen molar-refractivity contribution in [3.05, 3.63) is 34.3 Å². The van der Waals surface area contributed by atoms with Crippen LogP contribution in [0.25, 0.3) is 0 Å². The molecule has 31 heavy (non-hydrogen) atoms. The van der Waals surface area contributed by atoms with Gasteiger partial charge in [0.1, 0.15) is 0 Å². The molecule has 3 amide bonds. The molecule has 7 nitrogen and oxygen atoms in total. The Bertz CT molecular complexity index is 767. The molecular formula is C23H35ClN4O3. The molecule has 0 bridgehead atoms. The number of ether oxygens (including phenoxy) is 1. The molecule has 2 heterocycles. The molecule has 1 aromatic carbocycles. The molecule has 0 aromatic heterocycles. The van der Waals surface area contributed by atoms with Crippen LogP contribution in [-0.4, -0.2) is 79.1 Å². The number of hydrogen-bond acceptors (Lipinski definition) is 4. The summed E-state index contributed by atoms with van der Waals surface area (Å²) < 4.78 is 5.32. The quantitative estimate of drug-likeness (QED) is 0.692. The van der Waals surface area contributed by atoms with Gasteiger partial charge in [0.05, 0.1) is 0 Å². The molecule has 2 saturated heterocycles. The maximum Gasteiger partial charge on any atom is 0.314 e. The number of amides is 3. The normalized spacial score (nSPS) is 20.8. The van der Waals surface area contributed by atoms with Gasteiger partial charge in [0, 0.05) is 70.5 Å². The number of nitrogens with two attached hydrogens (primary N) is 1. The van der Waals surface area contributed by atoms with Gasteiger partial charge in [-0.05, 0) is 49.3 Å². The molecule has 0 unspecified atom stereocenters. The first-order valence-corrected chi connectivity index (χ1v) is 11.5. The lowest BCUT2D eigenvalue weighted by Gasteiger charge is -2.42. The molecule has 2 N–H and O–H groups in total. The average molecular weight is 451 g/mol. The molecule has 0 saturated carbocycles. The van der Waals surface area contributed by atoms with E-state index in [2.05, 4.69) is 21.9 Å². The summed E-state index contributed by atoms with van der Waals surface area (Å²) >= 11 is 6.30.